The van der Waals surface area contributed by atoms with Crippen molar-refractivity contribution in [3.63, 3.8) is 0 Å². The normalized spacial score (nSPS) is 13.3. The van der Waals surface area contributed by atoms with Crippen molar-refractivity contribution >= 4 is 17.6 Å². The van der Waals surface area contributed by atoms with Crippen LogP contribution in [0.3, 0.4) is 0 Å². The highest BCUT2D eigenvalue weighted by molar-refractivity contribution is 5.94. The van der Waals surface area contributed by atoms with Gasteiger partial charge >= 0.3 is 5.97 Å². The molecule has 0 heterocycles. The summed E-state index contributed by atoms with van der Waals surface area (Å²) < 4.78 is 5.21. The zero-order valence-corrected chi connectivity index (χ0v) is 13.1. The Morgan fingerprint density at radius 2 is 2.00 bits per heavy atom. The Hall–Kier alpha value is -2.04. The number of benzene rings is 1. The average molecular weight is 292 g/mol. The highest BCUT2D eigenvalue weighted by Crippen LogP contribution is 2.14. The van der Waals surface area contributed by atoms with Crippen LogP contribution in [-0.2, 0) is 9.53 Å². The molecule has 0 bridgehead atoms. The van der Waals surface area contributed by atoms with Crippen molar-refractivity contribution in [2.45, 2.75) is 52.7 Å². The first-order chi connectivity index (χ1) is 9.85. The summed E-state index contributed by atoms with van der Waals surface area (Å²) in [6.07, 6.45) is 1.04. The van der Waals surface area contributed by atoms with Crippen LogP contribution in [0.5, 0.6) is 0 Å². The van der Waals surface area contributed by atoms with Gasteiger partial charge in [0.15, 0.2) is 6.10 Å². The summed E-state index contributed by atoms with van der Waals surface area (Å²) in [6.45, 7) is 7.34. The fourth-order valence-corrected chi connectivity index (χ4v) is 2.00. The summed E-state index contributed by atoms with van der Waals surface area (Å²) in [5.74, 6) is -0.823. The van der Waals surface area contributed by atoms with Crippen molar-refractivity contribution in [2.24, 2.45) is 0 Å². The lowest BCUT2D eigenvalue weighted by atomic mass is 10.1. The molecular formula is C16H24N2O3. The number of anilines is 1. The third-order valence-electron chi connectivity index (χ3n) is 3.24. The van der Waals surface area contributed by atoms with Crippen LogP contribution in [0.1, 0.15) is 49.5 Å². The number of nitrogens with two attached hydrogens (primary N) is 1. The number of rotatable bonds is 6. The number of ether oxygens (including phenoxy) is 1. The minimum atomic E-state index is -0.836. The number of hydrogen-bond acceptors (Lipinski definition) is 4. The lowest BCUT2D eigenvalue weighted by Gasteiger charge is -2.18. The molecule has 0 spiro atoms. The summed E-state index contributed by atoms with van der Waals surface area (Å²) >= 11 is 0. The second kappa shape index (κ2) is 7.67. The molecule has 0 saturated heterocycles. The number of esters is 1. The second-order valence-corrected chi connectivity index (χ2v) is 5.32. The maximum absolute atomic E-state index is 12.1. The average Bonchev–Trinajstić information content (AvgIpc) is 2.41. The highest BCUT2D eigenvalue weighted by Gasteiger charge is 2.21. The van der Waals surface area contributed by atoms with Gasteiger partial charge in [-0.2, -0.15) is 0 Å². The van der Waals surface area contributed by atoms with Gasteiger partial charge in [0.2, 0.25) is 0 Å². The molecule has 0 radical (unpaired) electrons. The maximum atomic E-state index is 12.1. The molecule has 116 valence electrons. The van der Waals surface area contributed by atoms with Crippen molar-refractivity contribution < 1.29 is 14.3 Å². The molecule has 21 heavy (non-hydrogen) atoms. The Kier molecular flexibility index (Phi) is 6.21. The van der Waals surface area contributed by atoms with Crippen LogP contribution in [-0.4, -0.2) is 24.0 Å². The Morgan fingerprint density at radius 1 is 1.33 bits per heavy atom. The molecular weight excluding hydrogens is 268 g/mol. The first-order valence-electron chi connectivity index (χ1n) is 7.22. The van der Waals surface area contributed by atoms with Gasteiger partial charge in [-0.25, -0.2) is 4.79 Å². The molecule has 1 aromatic carbocycles. The van der Waals surface area contributed by atoms with E-state index in [1.165, 1.54) is 0 Å². The lowest BCUT2D eigenvalue weighted by molar-refractivity contribution is -0.129. The molecule has 1 rings (SSSR count). The van der Waals surface area contributed by atoms with Gasteiger partial charge in [0.05, 0.1) is 5.56 Å². The number of amides is 1. The van der Waals surface area contributed by atoms with Crippen LogP contribution >= 0.6 is 0 Å². The van der Waals surface area contributed by atoms with E-state index in [4.69, 9.17) is 10.5 Å². The van der Waals surface area contributed by atoms with Gasteiger partial charge in [0.25, 0.3) is 5.91 Å². The smallest absolute Gasteiger partial charge is 0.339 e. The van der Waals surface area contributed by atoms with Gasteiger partial charge in [-0.15, -0.1) is 0 Å². The fraction of sp³-hybridized carbons (Fsp3) is 0.500. The van der Waals surface area contributed by atoms with Crippen LogP contribution in [0, 0.1) is 6.92 Å². The summed E-state index contributed by atoms with van der Waals surface area (Å²) in [5.41, 5.74) is 7.31. The van der Waals surface area contributed by atoms with E-state index in [2.05, 4.69) is 12.2 Å². The largest absolute Gasteiger partial charge is 0.449 e. The maximum Gasteiger partial charge on any atom is 0.339 e. The van der Waals surface area contributed by atoms with Gasteiger partial charge in [-0.1, -0.05) is 19.4 Å². The number of nitrogen functional groups attached to an aromatic ring is 1. The first kappa shape index (κ1) is 17.0. The standard InChI is InChI=1S/C16H24N2O3/c1-5-6-11(3)18-15(19)12(4)21-16(20)14-9-13(17)8-7-10(14)2/h7-9,11-12H,5-6,17H2,1-4H3,(H,18,19). The van der Waals surface area contributed by atoms with E-state index in [1.807, 2.05) is 6.92 Å². The van der Waals surface area contributed by atoms with Crippen molar-refractivity contribution in [1.29, 1.82) is 0 Å². The van der Waals surface area contributed by atoms with Gasteiger partial charge in [0, 0.05) is 11.7 Å². The van der Waals surface area contributed by atoms with Crippen LogP contribution in [0.4, 0.5) is 5.69 Å². The Balaban J connectivity index is 2.65. The molecule has 1 aromatic rings. The van der Waals surface area contributed by atoms with E-state index in [-0.39, 0.29) is 11.9 Å². The first-order valence-corrected chi connectivity index (χ1v) is 7.22. The van der Waals surface area contributed by atoms with Crippen LogP contribution < -0.4 is 11.1 Å². The zero-order chi connectivity index (χ0) is 16.0. The summed E-state index contributed by atoms with van der Waals surface area (Å²) in [6, 6.07) is 5.09. The molecule has 2 unspecified atom stereocenters. The number of carbonyl (C=O) groups excluding carboxylic acids is 2. The second-order valence-electron chi connectivity index (χ2n) is 5.32. The molecule has 0 saturated carbocycles. The highest BCUT2D eigenvalue weighted by atomic mass is 16.5. The van der Waals surface area contributed by atoms with Crippen LogP contribution in [0.25, 0.3) is 0 Å². The molecule has 5 nitrogen and oxygen atoms in total. The van der Waals surface area contributed by atoms with Crippen molar-refractivity contribution in [2.75, 3.05) is 5.73 Å². The molecule has 5 heteroatoms. The fourth-order valence-electron chi connectivity index (χ4n) is 2.00. The molecule has 0 aliphatic carbocycles. The van der Waals surface area contributed by atoms with Crippen LogP contribution in [0.15, 0.2) is 18.2 Å². The topological polar surface area (TPSA) is 81.4 Å². The van der Waals surface area contributed by atoms with Crippen LogP contribution in [0.2, 0.25) is 0 Å². The number of nitrogens with one attached hydrogen (secondary N) is 1. The predicted molar refractivity (Wildman–Crippen MR) is 83.0 cm³/mol. The summed E-state index contributed by atoms with van der Waals surface area (Å²) in [7, 11) is 0. The zero-order valence-electron chi connectivity index (χ0n) is 13.1. The minimum absolute atomic E-state index is 0.0674. The third kappa shape index (κ3) is 5.10. The van der Waals surface area contributed by atoms with Gasteiger partial charge in [-0.05, 0) is 44.9 Å². The molecule has 0 aliphatic rings. The van der Waals surface area contributed by atoms with Crippen molar-refractivity contribution in [3.05, 3.63) is 29.3 Å². The summed E-state index contributed by atoms with van der Waals surface area (Å²) in [4.78, 5) is 24.0. The SMILES string of the molecule is CCCC(C)NC(=O)C(C)OC(=O)c1cc(N)ccc1C. The van der Waals surface area contributed by atoms with E-state index in [1.54, 1.807) is 32.0 Å². The minimum Gasteiger partial charge on any atom is -0.449 e. The Labute approximate surface area is 125 Å². The number of carbonyl (C=O) groups is 2. The molecule has 0 aliphatic heterocycles. The molecule has 2 atom stereocenters. The monoisotopic (exact) mass is 292 g/mol. The Bertz CT molecular complexity index is 514. The van der Waals surface area contributed by atoms with Crippen molar-refractivity contribution in [1.82, 2.24) is 5.32 Å². The molecule has 1 amide bonds. The molecule has 3 N–H and O–H groups in total. The van der Waals surface area contributed by atoms with Gasteiger partial charge in [0.1, 0.15) is 0 Å². The molecule has 0 aromatic heterocycles. The van der Waals surface area contributed by atoms with Gasteiger partial charge < -0.3 is 15.8 Å². The number of aryl methyl sites for hydroxylation is 1. The summed E-state index contributed by atoms with van der Waals surface area (Å²) in [5, 5.41) is 2.82. The molecule has 0 fully saturated rings. The van der Waals surface area contributed by atoms with E-state index in [9.17, 15) is 9.59 Å². The quantitative estimate of drug-likeness (QED) is 0.623. The Morgan fingerprint density at radius 3 is 2.62 bits per heavy atom. The van der Waals surface area contributed by atoms with E-state index < -0.39 is 12.1 Å². The van der Waals surface area contributed by atoms with E-state index in [0.717, 1.165) is 18.4 Å². The lowest BCUT2D eigenvalue weighted by Crippen LogP contribution is -2.40. The third-order valence-corrected chi connectivity index (χ3v) is 3.24. The predicted octanol–water partition coefficient (Wildman–Crippen LogP) is 2.43. The van der Waals surface area contributed by atoms with E-state index >= 15 is 0 Å². The van der Waals surface area contributed by atoms with Crippen molar-refractivity contribution in [3.8, 4) is 0 Å². The van der Waals surface area contributed by atoms with Gasteiger partial charge in [-0.3, -0.25) is 4.79 Å². The van der Waals surface area contributed by atoms with E-state index in [0.29, 0.717) is 11.3 Å². The number of hydrogen-bond donors (Lipinski definition) is 2.